The average molecular weight is 492 g/mol. The first-order valence-corrected chi connectivity index (χ1v) is 15.4. The van der Waals surface area contributed by atoms with Crippen molar-refractivity contribution in [2.24, 2.45) is 11.8 Å². The lowest BCUT2D eigenvalue weighted by Crippen LogP contribution is -2.51. The summed E-state index contributed by atoms with van der Waals surface area (Å²) in [7, 11) is -1.90. The van der Waals surface area contributed by atoms with Crippen LogP contribution in [0, 0.1) is 18.4 Å². The van der Waals surface area contributed by atoms with Gasteiger partial charge in [-0.25, -0.2) is 14.8 Å². The highest BCUT2D eigenvalue weighted by molar-refractivity contribution is 6.74. The Kier molecular flexibility index (Phi) is 6.77. The molecule has 0 bridgehead atoms. The zero-order valence-electron chi connectivity index (χ0n) is 21.9. The van der Waals surface area contributed by atoms with Gasteiger partial charge in [-0.1, -0.05) is 33.8 Å². The molecule has 1 N–H and O–H groups in total. The van der Waals surface area contributed by atoms with E-state index in [-0.39, 0.29) is 28.9 Å². The summed E-state index contributed by atoms with van der Waals surface area (Å²) in [6, 6.07) is 7.53. The predicted molar refractivity (Wildman–Crippen MR) is 142 cm³/mol. The van der Waals surface area contributed by atoms with Gasteiger partial charge in [0.1, 0.15) is 0 Å². The second-order valence-corrected chi connectivity index (χ2v) is 16.3. The minimum Gasteiger partial charge on any atom is -0.411 e. The SMILES string of the molecule is [C-]#[N+]c1ccc2c(c1)[C@H](Nc1nccc(CO[Si](C)(C)C(C)(C)C)n1)[C@@H](C)[C@H](C1CC1)N2C(C)=O. The molecule has 1 aromatic heterocycles. The molecule has 4 rings (SSSR count). The van der Waals surface area contributed by atoms with E-state index in [1.807, 2.05) is 23.1 Å². The van der Waals surface area contributed by atoms with Crippen LogP contribution in [0.15, 0.2) is 30.5 Å². The van der Waals surface area contributed by atoms with Gasteiger partial charge in [-0.15, -0.1) is 0 Å². The highest BCUT2D eigenvalue weighted by Crippen LogP contribution is 2.50. The summed E-state index contributed by atoms with van der Waals surface area (Å²) in [5.74, 6) is 1.22. The van der Waals surface area contributed by atoms with Crippen LogP contribution in [0.1, 0.15) is 64.8 Å². The van der Waals surface area contributed by atoms with Crippen molar-refractivity contribution in [3.63, 3.8) is 0 Å². The van der Waals surface area contributed by atoms with E-state index in [0.717, 1.165) is 29.8 Å². The summed E-state index contributed by atoms with van der Waals surface area (Å²) < 4.78 is 6.37. The van der Waals surface area contributed by atoms with Gasteiger partial charge in [0.05, 0.1) is 24.9 Å². The van der Waals surface area contributed by atoms with E-state index in [1.165, 1.54) is 0 Å². The number of carbonyl (C=O) groups excluding carboxylic acids is 1. The quantitative estimate of drug-likeness (QED) is 0.370. The molecule has 0 saturated heterocycles. The van der Waals surface area contributed by atoms with Gasteiger partial charge in [-0.3, -0.25) is 4.79 Å². The Labute approximate surface area is 210 Å². The summed E-state index contributed by atoms with van der Waals surface area (Å²) in [6.07, 6.45) is 4.04. The molecule has 3 atom stereocenters. The maximum Gasteiger partial charge on any atom is 0.224 e. The third-order valence-electron chi connectivity index (χ3n) is 7.93. The topological polar surface area (TPSA) is 71.7 Å². The Balaban J connectivity index is 1.64. The molecule has 1 fully saturated rings. The third kappa shape index (κ3) is 5.12. The largest absolute Gasteiger partial charge is 0.411 e. The Morgan fingerprint density at radius 1 is 1.29 bits per heavy atom. The minimum atomic E-state index is -1.90. The van der Waals surface area contributed by atoms with Crippen molar-refractivity contribution in [1.82, 2.24) is 9.97 Å². The van der Waals surface area contributed by atoms with Crippen LogP contribution in [-0.4, -0.2) is 30.2 Å². The molecule has 1 aliphatic heterocycles. The summed E-state index contributed by atoms with van der Waals surface area (Å²) >= 11 is 0. The summed E-state index contributed by atoms with van der Waals surface area (Å²) in [5, 5.41) is 3.70. The van der Waals surface area contributed by atoms with Crippen LogP contribution >= 0.6 is 0 Å². The zero-order valence-corrected chi connectivity index (χ0v) is 22.9. The molecule has 186 valence electrons. The Morgan fingerprint density at radius 3 is 2.60 bits per heavy atom. The maximum atomic E-state index is 12.7. The number of aromatic nitrogens is 2. The van der Waals surface area contributed by atoms with E-state index < -0.39 is 8.32 Å². The maximum absolute atomic E-state index is 12.7. The molecule has 2 aliphatic rings. The number of carbonyl (C=O) groups is 1. The first kappa shape index (κ1) is 25.3. The van der Waals surface area contributed by atoms with Gasteiger partial charge in [0.2, 0.25) is 11.9 Å². The number of amides is 1. The zero-order chi connectivity index (χ0) is 25.5. The Hall–Kier alpha value is -2.76. The van der Waals surface area contributed by atoms with Gasteiger partial charge in [0.15, 0.2) is 14.0 Å². The van der Waals surface area contributed by atoms with Crippen molar-refractivity contribution in [3.05, 3.63) is 53.1 Å². The van der Waals surface area contributed by atoms with E-state index in [4.69, 9.17) is 16.0 Å². The fourth-order valence-corrected chi connectivity index (χ4v) is 5.72. The fraction of sp³-hybridized carbons (Fsp3) is 0.556. The van der Waals surface area contributed by atoms with Gasteiger partial charge in [0, 0.05) is 30.8 Å². The molecule has 0 radical (unpaired) electrons. The fourth-order valence-electron chi connectivity index (χ4n) is 4.78. The lowest BCUT2D eigenvalue weighted by atomic mass is 9.80. The molecule has 1 aromatic carbocycles. The van der Waals surface area contributed by atoms with Crippen molar-refractivity contribution in [2.45, 2.75) is 84.3 Å². The molecule has 35 heavy (non-hydrogen) atoms. The van der Waals surface area contributed by atoms with Crippen LogP contribution in [0.25, 0.3) is 4.85 Å². The second kappa shape index (κ2) is 9.36. The van der Waals surface area contributed by atoms with Crippen molar-refractivity contribution in [3.8, 4) is 0 Å². The molecule has 7 nitrogen and oxygen atoms in total. The molecule has 8 heteroatoms. The van der Waals surface area contributed by atoms with Gasteiger partial charge in [0.25, 0.3) is 0 Å². The summed E-state index contributed by atoms with van der Waals surface area (Å²) in [6.45, 7) is 22.9. The first-order chi connectivity index (χ1) is 16.4. The number of hydrogen-bond acceptors (Lipinski definition) is 5. The standard InChI is InChI=1S/C27H37N5O2Si/c1-17-24(31-26-29-14-13-21(30-26)16-34-35(7,8)27(3,4)5)22-15-20(28-6)11-12-23(22)32(18(2)33)25(17)19-9-10-19/h11-15,17,19,24-25H,9-10,16H2,1-5,7-8H3,(H,29,30,31)/t17-,24-,25-/m1/s1. The van der Waals surface area contributed by atoms with Gasteiger partial charge in [-0.2, -0.15) is 0 Å². The van der Waals surface area contributed by atoms with Crippen molar-refractivity contribution in [1.29, 1.82) is 0 Å². The number of rotatable bonds is 6. The van der Waals surface area contributed by atoms with Gasteiger partial charge in [-0.05, 0) is 60.7 Å². The average Bonchev–Trinajstić information content (AvgIpc) is 3.63. The summed E-state index contributed by atoms with van der Waals surface area (Å²) in [5.41, 5.74) is 3.24. The minimum absolute atomic E-state index is 0.0463. The number of nitrogens with one attached hydrogen (secondary N) is 1. The van der Waals surface area contributed by atoms with Crippen LogP contribution in [0.5, 0.6) is 0 Å². The van der Waals surface area contributed by atoms with Crippen LogP contribution in [-0.2, 0) is 15.8 Å². The van der Waals surface area contributed by atoms with E-state index in [1.54, 1.807) is 19.2 Å². The molecular weight excluding hydrogens is 454 g/mol. The first-order valence-electron chi connectivity index (χ1n) is 12.5. The number of nitrogens with zero attached hydrogens (tertiary/aromatic N) is 4. The Bertz CT molecular complexity index is 1150. The number of anilines is 2. The smallest absolute Gasteiger partial charge is 0.224 e. The van der Waals surface area contributed by atoms with Crippen LogP contribution in [0.3, 0.4) is 0 Å². The van der Waals surface area contributed by atoms with E-state index in [2.05, 4.69) is 55.9 Å². The third-order valence-corrected chi connectivity index (χ3v) is 12.4. The van der Waals surface area contributed by atoms with Crippen LogP contribution in [0.4, 0.5) is 17.3 Å². The van der Waals surface area contributed by atoms with E-state index in [9.17, 15) is 4.79 Å². The van der Waals surface area contributed by atoms with E-state index >= 15 is 0 Å². The van der Waals surface area contributed by atoms with Crippen LogP contribution < -0.4 is 10.2 Å². The van der Waals surface area contributed by atoms with Gasteiger partial charge >= 0.3 is 0 Å². The summed E-state index contributed by atoms with van der Waals surface area (Å²) in [4.78, 5) is 27.6. The van der Waals surface area contributed by atoms with Crippen molar-refractivity contribution >= 4 is 31.5 Å². The molecule has 2 aromatic rings. The van der Waals surface area contributed by atoms with Crippen molar-refractivity contribution < 1.29 is 9.22 Å². The van der Waals surface area contributed by atoms with Crippen LogP contribution in [0.2, 0.25) is 18.1 Å². The number of fused-ring (bicyclic) bond motifs is 1. The highest BCUT2D eigenvalue weighted by atomic mass is 28.4. The van der Waals surface area contributed by atoms with Crippen molar-refractivity contribution in [2.75, 3.05) is 10.2 Å². The highest BCUT2D eigenvalue weighted by Gasteiger charge is 2.47. The molecule has 2 heterocycles. The monoisotopic (exact) mass is 491 g/mol. The second-order valence-electron chi connectivity index (χ2n) is 11.5. The number of benzene rings is 1. The molecule has 0 spiro atoms. The van der Waals surface area contributed by atoms with E-state index in [0.29, 0.717) is 24.2 Å². The molecule has 1 saturated carbocycles. The molecule has 1 aliphatic carbocycles. The molecule has 0 unspecified atom stereocenters. The normalized spacial score (nSPS) is 22.3. The molecule has 1 amide bonds. The Morgan fingerprint density at radius 2 is 2.00 bits per heavy atom. The lowest BCUT2D eigenvalue weighted by molar-refractivity contribution is -0.117. The van der Waals surface area contributed by atoms with Gasteiger partial charge < -0.3 is 14.6 Å². The number of hydrogen-bond donors (Lipinski definition) is 1. The lowest BCUT2D eigenvalue weighted by Gasteiger charge is -2.45. The predicted octanol–water partition coefficient (Wildman–Crippen LogP) is 6.48. The molecular formula is C27H37N5O2Si.